The van der Waals surface area contributed by atoms with Gasteiger partial charge in [-0.05, 0) is 11.1 Å². The summed E-state index contributed by atoms with van der Waals surface area (Å²) in [6.45, 7) is 0.0162. The fourth-order valence-corrected chi connectivity index (χ4v) is 3.24. The molecular weight excluding hydrogens is 398 g/mol. The molecule has 0 radical (unpaired) electrons. The van der Waals surface area contributed by atoms with Crippen molar-refractivity contribution in [3.63, 3.8) is 0 Å². The second-order valence-corrected chi connectivity index (χ2v) is 6.56. The van der Waals surface area contributed by atoms with Crippen molar-refractivity contribution in [2.75, 3.05) is 34.4 Å². The first-order chi connectivity index (χ1) is 14.6. The topological polar surface area (TPSA) is 141 Å². The van der Waals surface area contributed by atoms with E-state index in [9.17, 15) is 9.90 Å². The summed E-state index contributed by atoms with van der Waals surface area (Å²) >= 11 is 0. The van der Waals surface area contributed by atoms with Crippen molar-refractivity contribution in [3.05, 3.63) is 46.3 Å². The Morgan fingerprint density at radius 2 is 1.70 bits per heavy atom. The first kappa shape index (κ1) is 24.0. The van der Waals surface area contributed by atoms with E-state index in [1.807, 2.05) is 30.3 Å². The molecule has 0 aromatic heterocycles. The van der Waals surface area contributed by atoms with Crippen LogP contribution >= 0.6 is 0 Å². The summed E-state index contributed by atoms with van der Waals surface area (Å²) in [6, 6.07) is 9.48. The maximum Gasteiger partial charge on any atom is 0.306 e. The minimum atomic E-state index is -1.06. The standard InChI is InChI=1S/C19H27N3O8/c1-25-11-28-17-14(8-16(23)24)30-15(9-21-22-20)18(29-12-26-2)19(17)27-10-13-6-4-3-5-7-13/h3-7,14-15,17-19H,8-12H2,1-2H3,(H,23,24)/t14-,15-,17+,18-,19-/m1/s1. The van der Waals surface area contributed by atoms with E-state index in [-0.39, 0.29) is 33.2 Å². The molecule has 0 spiro atoms. The Balaban J connectivity index is 2.32. The minimum Gasteiger partial charge on any atom is -0.481 e. The van der Waals surface area contributed by atoms with Gasteiger partial charge in [0, 0.05) is 19.1 Å². The van der Waals surface area contributed by atoms with Gasteiger partial charge < -0.3 is 33.5 Å². The number of nitrogens with zero attached hydrogens (tertiary/aromatic N) is 3. The summed E-state index contributed by atoms with van der Waals surface area (Å²) in [4.78, 5) is 14.2. The summed E-state index contributed by atoms with van der Waals surface area (Å²) < 4.78 is 33.6. The Morgan fingerprint density at radius 3 is 2.27 bits per heavy atom. The highest BCUT2D eigenvalue weighted by molar-refractivity contribution is 5.67. The average molecular weight is 425 g/mol. The molecule has 166 valence electrons. The molecular formula is C19H27N3O8. The van der Waals surface area contributed by atoms with Gasteiger partial charge in [0.15, 0.2) is 0 Å². The van der Waals surface area contributed by atoms with Gasteiger partial charge in [-0.15, -0.1) is 0 Å². The highest BCUT2D eigenvalue weighted by Crippen LogP contribution is 2.31. The van der Waals surface area contributed by atoms with Crippen LogP contribution in [0.25, 0.3) is 10.4 Å². The van der Waals surface area contributed by atoms with Crippen molar-refractivity contribution in [1.82, 2.24) is 0 Å². The Labute approximate surface area is 174 Å². The second-order valence-electron chi connectivity index (χ2n) is 6.56. The van der Waals surface area contributed by atoms with Crippen LogP contribution < -0.4 is 0 Å². The third kappa shape index (κ3) is 7.22. The summed E-state index contributed by atoms with van der Waals surface area (Å²) in [5, 5.41) is 12.9. The number of carboxylic acid groups (broad SMARTS) is 1. The SMILES string of the molecule is COCO[C@@H]1[C@@H](OCc2ccccc2)[C@H](OCOC)[C@@H](CN=[N+]=[N-])O[C@@H]1CC(=O)O. The van der Waals surface area contributed by atoms with Gasteiger partial charge in [0.1, 0.15) is 31.9 Å². The molecule has 1 N–H and O–H groups in total. The van der Waals surface area contributed by atoms with Crippen LogP contribution in [0.15, 0.2) is 35.4 Å². The van der Waals surface area contributed by atoms with Crippen LogP contribution in [-0.4, -0.2) is 75.9 Å². The lowest BCUT2D eigenvalue weighted by atomic mass is 9.92. The number of carbonyl (C=O) groups is 1. The van der Waals surface area contributed by atoms with Crippen LogP contribution in [0, 0.1) is 0 Å². The molecule has 5 atom stereocenters. The molecule has 1 saturated heterocycles. The summed E-state index contributed by atoms with van der Waals surface area (Å²) in [5.41, 5.74) is 9.65. The molecule has 0 amide bonds. The van der Waals surface area contributed by atoms with Crippen molar-refractivity contribution in [2.24, 2.45) is 5.11 Å². The molecule has 11 nitrogen and oxygen atoms in total. The zero-order valence-electron chi connectivity index (χ0n) is 17.0. The van der Waals surface area contributed by atoms with Crippen molar-refractivity contribution in [2.45, 2.75) is 43.5 Å². The molecule has 1 aromatic carbocycles. The van der Waals surface area contributed by atoms with Gasteiger partial charge in [0.2, 0.25) is 0 Å². The molecule has 2 rings (SSSR count). The number of ether oxygens (including phenoxy) is 6. The third-order valence-corrected chi connectivity index (χ3v) is 4.47. The fraction of sp³-hybridized carbons (Fsp3) is 0.632. The predicted molar refractivity (Wildman–Crippen MR) is 103 cm³/mol. The van der Waals surface area contributed by atoms with Crippen LogP contribution in [0.2, 0.25) is 0 Å². The first-order valence-corrected chi connectivity index (χ1v) is 9.35. The van der Waals surface area contributed by atoms with E-state index < -0.39 is 36.5 Å². The predicted octanol–water partition coefficient (Wildman–Crippen LogP) is 2.10. The van der Waals surface area contributed by atoms with Crippen LogP contribution in [0.1, 0.15) is 12.0 Å². The van der Waals surface area contributed by atoms with Gasteiger partial charge >= 0.3 is 5.97 Å². The Bertz CT molecular complexity index is 664. The maximum absolute atomic E-state index is 11.4. The van der Waals surface area contributed by atoms with Crippen molar-refractivity contribution < 1.29 is 38.3 Å². The highest BCUT2D eigenvalue weighted by atomic mass is 16.7. The van der Waals surface area contributed by atoms with E-state index in [1.165, 1.54) is 14.2 Å². The van der Waals surface area contributed by atoms with Gasteiger partial charge in [-0.1, -0.05) is 35.4 Å². The highest BCUT2D eigenvalue weighted by Gasteiger charge is 2.48. The number of benzene rings is 1. The Morgan fingerprint density at radius 1 is 1.07 bits per heavy atom. The first-order valence-electron chi connectivity index (χ1n) is 9.35. The molecule has 0 aliphatic carbocycles. The zero-order chi connectivity index (χ0) is 21.8. The zero-order valence-corrected chi connectivity index (χ0v) is 17.0. The molecule has 0 bridgehead atoms. The largest absolute Gasteiger partial charge is 0.481 e. The van der Waals surface area contributed by atoms with Crippen LogP contribution in [0.3, 0.4) is 0 Å². The monoisotopic (exact) mass is 425 g/mol. The van der Waals surface area contributed by atoms with E-state index in [0.29, 0.717) is 0 Å². The molecule has 1 aliphatic rings. The Hall–Kier alpha value is -2.24. The van der Waals surface area contributed by atoms with E-state index in [1.54, 1.807) is 0 Å². The van der Waals surface area contributed by atoms with Gasteiger partial charge in [-0.25, -0.2) is 0 Å². The molecule has 0 saturated carbocycles. The lowest BCUT2D eigenvalue weighted by molar-refractivity contribution is -0.281. The molecule has 11 heteroatoms. The summed E-state index contributed by atoms with van der Waals surface area (Å²) in [6.07, 6.45) is -4.20. The van der Waals surface area contributed by atoms with E-state index in [2.05, 4.69) is 10.0 Å². The van der Waals surface area contributed by atoms with Crippen molar-refractivity contribution >= 4 is 5.97 Å². The van der Waals surface area contributed by atoms with Crippen LogP contribution in [0.4, 0.5) is 0 Å². The molecule has 1 heterocycles. The van der Waals surface area contributed by atoms with Gasteiger partial charge in [-0.3, -0.25) is 4.79 Å². The Kier molecular flexibility index (Phi) is 10.5. The smallest absolute Gasteiger partial charge is 0.306 e. The van der Waals surface area contributed by atoms with Crippen molar-refractivity contribution in [3.8, 4) is 0 Å². The number of carboxylic acids is 1. The van der Waals surface area contributed by atoms with E-state index >= 15 is 0 Å². The normalized spacial score (nSPS) is 26.1. The summed E-state index contributed by atoms with van der Waals surface area (Å²) in [5.74, 6) is -1.06. The summed E-state index contributed by atoms with van der Waals surface area (Å²) in [7, 11) is 2.93. The fourth-order valence-electron chi connectivity index (χ4n) is 3.24. The molecule has 1 aliphatic heterocycles. The molecule has 0 unspecified atom stereocenters. The molecule has 1 aromatic rings. The van der Waals surface area contributed by atoms with E-state index in [0.717, 1.165) is 5.56 Å². The maximum atomic E-state index is 11.4. The van der Waals surface area contributed by atoms with Crippen LogP contribution in [-0.2, 0) is 39.8 Å². The minimum absolute atomic E-state index is 0.0629. The quantitative estimate of drug-likeness (QED) is 0.219. The number of azide groups is 1. The lowest BCUT2D eigenvalue weighted by Crippen LogP contribution is -2.61. The lowest BCUT2D eigenvalue weighted by Gasteiger charge is -2.45. The average Bonchev–Trinajstić information content (AvgIpc) is 2.74. The number of aliphatic carboxylic acids is 1. The van der Waals surface area contributed by atoms with Crippen LogP contribution in [0.5, 0.6) is 0 Å². The van der Waals surface area contributed by atoms with Crippen molar-refractivity contribution in [1.29, 1.82) is 0 Å². The number of methoxy groups -OCH3 is 2. The molecule has 1 fully saturated rings. The number of hydrogen-bond acceptors (Lipinski definition) is 8. The molecule has 30 heavy (non-hydrogen) atoms. The van der Waals surface area contributed by atoms with E-state index in [4.69, 9.17) is 34.0 Å². The number of hydrogen-bond donors (Lipinski definition) is 1. The third-order valence-electron chi connectivity index (χ3n) is 4.47. The number of rotatable bonds is 13. The van der Waals surface area contributed by atoms with Gasteiger partial charge in [0.25, 0.3) is 0 Å². The van der Waals surface area contributed by atoms with Gasteiger partial charge in [0.05, 0.1) is 31.8 Å². The second kappa shape index (κ2) is 13.1. The van der Waals surface area contributed by atoms with Gasteiger partial charge in [-0.2, -0.15) is 0 Å².